The maximum absolute atomic E-state index is 13.4. The van der Waals surface area contributed by atoms with E-state index in [2.05, 4.69) is 20.5 Å². The van der Waals surface area contributed by atoms with Crippen molar-refractivity contribution in [2.75, 3.05) is 18.6 Å². The van der Waals surface area contributed by atoms with Gasteiger partial charge in [-0.3, -0.25) is 4.79 Å². The molecule has 2 heterocycles. The molecule has 0 bridgehead atoms. The number of carbonyl (C=O) groups excluding carboxylic acids is 2. The van der Waals surface area contributed by atoms with E-state index in [-0.39, 0.29) is 11.4 Å². The number of esters is 1. The Morgan fingerprint density at radius 3 is 2.23 bits per heavy atom. The molecule has 0 spiro atoms. The van der Waals surface area contributed by atoms with E-state index in [0.717, 1.165) is 38.5 Å². The van der Waals surface area contributed by atoms with E-state index in [1.807, 2.05) is 86.3 Å². The molecule has 0 fully saturated rings. The van der Waals surface area contributed by atoms with Gasteiger partial charge in [0.1, 0.15) is 11.3 Å². The molecule has 7 heteroatoms. The maximum Gasteiger partial charge on any atom is 0.343 e. The summed E-state index contributed by atoms with van der Waals surface area (Å²) < 4.78 is 13.5. The third-order valence-corrected chi connectivity index (χ3v) is 6.57. The third-order valence-electron chi connectivity index (χ3n) is 6.04. The lowest BCUT2D eigenvalue weighted by atomic mass is 10.1. The molecule has 6 nitrogen and oxygen atoms in total. The number of rotatable bonds is 6. The van der Waals surface area contributed by atoms with E-state index < -0.39 is 5.97 Å². The van der Waals surface area contributed by atoms with Gasteiger partial charge in [0.25, 0.3) is 0 Å². The van der Waals surface area contributed by atoms with Crippen LogP contribution in [0.1, 0.15) is 30.8 Å². The fraction of sp³-hybridized carbons (Fsp3) is 0.214. The molecule has 180 valence electrons. The number of hydrogen-bond acceptors (Lipinski definition) is 5. The molecule has 0 unspecified atom stereocenters. The molecule has 0 saturated carbocycles. The number of Topliss-reactive ketones (excluding diaryl/α,β-unsaturated/α-hetero) is 1. The van der Waals surface area contributed by atoms with Crippen molar-refractivity contribution in [3.63, 3.8) is 0 Å². The average Bonchev–Trinajstić information content (AvgIpc) is 3.26. The summed E-state index contributed by atoms with van der Waals surface area (Å²) in [5.74, 6) is -0.180. The van der Waals surface area contributed by atoms with E-state index in [9.17, 15) is 9.59 Å². The van der Waals surface area contributed by atoms with Gasteiger partial charge in [-0.1, -0.05) is 15.9 Å². The first-order valence-electron chi connectivity index (χ1n) is 11.3. The van der Waals surface area contributed by atoms with Crippen LogP contribution in [-0.4, -0.2) is 30.0 Å². The monoisotopic (exact) mass is 534 g/mol. The van der Waals surface area contributed by atoms with Crippen molar-refractivity contribution in [1.29, 1.82) is 0 Å². The molecule has 2 aromatic carbocycles. The van der Waals surface area contributed by atoms with E-state index >= 15 is 0 Å². The Balaban J connectivity index is 1.81. The molecule has 0 aliphatic carbocycles. The summed E-state index contributed by atoms with van der Waals surface area (Å²) in [6.45, 7) is 8.37. The Kier molecular flexibility index (Phi) is 6.98. The Hall–Kier alpha value is -3.58. The molecule has 0 N–H and O–H groups in total. The molecule has 1 aliphatic rings. The van der Waals surface area contributed by atoms with Gasteiger partial charge in [-0.25, -0.2) is 4.79 Å². The van der Waals surface area contributed by atoms with E-state index in [1.54, 1.807) is 6.92 Å². The highest BCUT2D eigenvalue weighted by Crippen LogP contribution is 2.37. The van der Waals surface area contributed by atoms with Crippen molar-refractivity contribution in [3.8, 4) is 11.4 Å². The fourth-order valence-corrected chi connectivity index (χ4v) is 4.68. The van der Waals surface area contributed by atoms with Crippen molar-refractivity contribution >= 4 is 39.4 Å². The largest absolute Gasteiger partial charge is 0.494 e. The lowest BCUT2D eigenvalue weighted by molar-refractivity contribution is -0.137. The smallest absolute Gasteiger partial charge is 0.343 e. The molecule has 0 atom stereocenters. The van der Waals surface area contributed by atoms with Gasteiger partial charge in [0, 0.05) is 32.9 Å². The molecule has 3 aromatic rings. The van der Waals surface area contributed by atoms with Gasteiger partial charge in [0.15, 0.2) is 0 Å². The van der Waals surface area contributed by atoms with Crippen LogP contribution in [0.4, 0.5) is 5.69 Å². The second kappa shape index (κ2) is 9.96. The van der Waals surface area contributed by atoms with Crippen LogP contribution in [-0.2, 0) is 14.3 Å². The first-order valence-corrected chi connectivity index (χ1v) is 12.1. The highest BCUT2D eigenvalue weighted by molar-refractivity contribution is 9.10. The molecule has 0 radical (unpaired) electrons. The number of aromatic nitrogens is 1. The Morgan fingerprint density at radius 2 is 1.63 bits per heavy atom. The number of ketones is 1. The summed E-state index contributed by atoms with van der Waals surface area (Å²) in [6.07, 6.45) is 1.84. The SMILES string of the molecule is CCOc1ccc(-n2c(C)cc(/C=C3/C(=O)C(C(=O)OC)=C(C)N3c3ccc(Br)cc3)c2C)cc1. The third kappa shape index (κ3) is 4.56. The van der Waals surface area contributed by atoms with E-state index in [1.165, 1.54) is 7.11 Å². The zero-order valence-electron chi connectivity index (χ0n) is 20.4. The summed E-state index contributed by atoms with van der Waals surface area (Å²) in [5.41, 5.74) is 5.66. The molecular formula is C28H27BrN2O4. The zero-order chi connectivity index (χ0) is 25.3. The second-order valence-electron chi connectivity index (χ2n) is 8.21. The van der Waals surface area contributed by atoms with Gasteiger partial charge in [-0.05, 0) is 93.9 Å². The van der Waals surface area contributed by atoms with Gasteiger partial charge in [-0.2, -0.15) is 0 Å². The van der Waals surface area contributed by atoms with E-state index in [0.29, 0.717) is 18.0 Å². The predicted molar refractivity (Wildman–Crippen MR) is 141 cm³/mol. The van der Waals surface area contributed by atoms with Crippen LogP contribution in [0.25, 0.3) is 11.8 Å². The van der Waals surface area contributed by atoms with Crippen LogP contribution in [0.15, 0.2) is 76.0 Å². The van der Waals surface area contributed by atoms with Gasteiger partial charge >= 0.3 is 5.97 Å². The minimum Gasteiger partial charge on any atom is -0.494 e. The molecule has 0 amide bonds. The van der Waals surface area contributed by atoms with Gasteiger partial charge in [0.05, 0.1) is 19.4 Å². The molecule has 1 aliphatic heterocycles. The molecule has 35 heavy (non-hydrogen) atoms. The predicted octanol–water partition coefficient (Wildman–Crippen LogP) is 6.13. The normalized spacial score (nSPS) is 14.7. The number of halogens is 1. The number of benzene rings is 2. The van der Waals surface area contributed by atoms with Gasteiger partial charge in [0.2, 0.25) is 5.78 Å². The molecular weight excluding hydrogens is 508 g/mol. The standard InChI is InChI=1S/C28H27BrN2O4/c1-6-35-24-13-11-22(12-14-24)30-17(2)15-20(18(30)3)16-25-27(32)26(28(33)34-5)19(4)31(25)23-9-7-21(29)8-10-23/h7-16H,6H2,1-5H3/b25-16-. The van der Waals surface area contributed by atoms with Crippen LogP contribution in [0, 0.1) is 13.8 Å². The van der Waals surface area contributed by atoms with Crippen molar-refractivity contribution in [1.82, 2.24) is 4.57 Å². The van der Waals surface area contributed by atoms with Crippen LogP contribution >= 0.6 is 15.9 Å². The van der Waals surface area contributed by atoms with Crippen LogP contribution in [0.5, 0.6) is 5.75 Å². The number of allylic oxidation sites excluding steroid dienone is 2. The summed E-state index contributed by atoms with van der Waals surface area (Å²) in [7, 11) is 1.28. The van der Waals surface area contributed by atoms with E-state index in [4.69, 9.17) is 9.47 Å². The Morgan fingerprint density at radius 1 is 1.00 bits per heavy atom. The number of carbonyl (C=O) groups is 2. The highest BCUT2D eigenvalue weighted by Gasteiger charge is 2.38. The fourth-order valence-electron chi connectivity index (χ4n) is 4.42. The van der Waals surface area contributed by atoms with Crippen molar-refractivity contribution in [3.05, 3.63) is 93.0 Å². The maximum atomic E-state index is 13.4. The zero-order valence-corrected chi connectivity index (χ0v) is 22.0. The molecule has 0 saturated heterocycles. The number of methoxy groups -OCH3 is 1. The Labute approximate surface area is 213 Å². The van der Waals surface area contributed by atoms with Crippen molar-refractivity contribution in [2.24, 2.45) is 0 Å². The number of anilines is 1. The summed E-state index contributed by atoms with van der Waals surface area (Å²) in [4.78, 5) is 27.7. The lowest BCUT2D eigenvalue weighted by Crippen LogP contribution is -2.18. The number of hydrogen-bond donors (Lipinski definition) is 0. The minimum absolute atomic E-state index is 0.0435. The molecule has 4 rings (SSSR count). The molecule has 1 aromatic heterocycles. The average molecular weight is 535 g/mol. The first kappa shape index (κ1) is 24.5. The summed E-state index contributed by atoms with van der Waals surface area (Å²) in [5, 5.41) is 0. The minimum atomic E-state index is -0.641. The summed E-state index contributed by atoms with van der Waals surface area (Å²) in [6, 6.07) is 17.6. The van der Waals surface area contributed by atoms with Crippen LogP contribution in [0.3, 0.4) is 0 Å². The second-order valence-corrected chi connectivity index (χ2v) is 9.13. The van der Waals surface area contributed by atoms with Gasteiger partial charge < -0.3 is 18.9 Å². The van der Waals surface area contributed by atoms with Crippen molar-refractivity contribution < 1.29 is 19.1 Å². The number of aryl methyl sites for hydroxylation is 1. The highest BCUT2D eigenvalue weighted by atomic mass is 79.9. The van der Waals surface area contributed by atoms with Gasteiger partial charge in [-0.15, -0.1) is 0 Å². The first-order chi connectivity index (χ1) is 16.8. The van der Waals surface area contributed by atoms with Crippen LogP contribution < -0.4 is 9.64 Å². The van der Waals surface area contributed by atoms with Crippen molar-refractivity contribution in [2.45, 2.75) is 27.7 Å². The lowest BCUT2D eigenvalue weighted by Gasteiger charge is -2.21. The quantitative estimate of drug-likeness (QED) is 0.216. The topological polar surface area (TPSA) is 60.8 Å². The number of nitrogens with zero attached hydrogens (tertiary/aromatic N) is 2. The number of ether oxygens (including phenoxy) is 2. The van der Waals surface area contributed by atoms with Crippen LogP contribution in [0.2, 0.25) is 0 Å². The summed E-state index contributed by atoms with van der Waals surface area (Å²) >= 11 is 3.45. The Bertz CT molecular complexity index is 1350.